The second-order valence-electron chi connectivity index (χ2n) is 7.26. The van der Waals surface area contributed by atoms with Gasteiger partial charge in [-0.2, -0.15) is 0 Å². The third kappa shape index (κ3) is 4.92. The predicted octanol–water partition coefficient (Wildman–Crippen LogP) is 2.91. The third-order valence-electron chi connectivity index (χ3n) is 5.16. The van der Waals surface area contributed by atoms with Gasteiger partial charge in [0.1, 0.15) is 6.54 Å². The SMILES string of the molecule is CC[C@@H](C)c1ccc(NC(=O)COC(=O)CN2C(=O)Cc3ccccc3C2=O)cc1. The zero-order valence-corrected chi connectivity index (χ0v) is 17.0. The maximum Gasteiger partial charge on any atom is 0.326 e. The molecule has 0 unspecified atom stereocenters. The smallest absolute Gasteiger partial charge is 0.326 e. The summed E-state index contributed by atoms with van der Waals surface area (Å²) in [5.74, 6) is -1.89. The average Bonchev–Trinajstić information content (AvgIpc) is 2.75. The Morgan fingerprint density at radius 3 is 2.50 bits per heavy atom. The summed E-state index contributed by atoms with van der Waals surface area (Å²) in [6.45, 7) is 3.21. The first-order chi connectivity index (χ1) is 14.4. The summed E-state index contributed by atoms with van der Waals surface area (Å²) >= 11 is 0. The van der Waals surface area contributed by atoms with Crippen LogP contribution in [0.25, 0.3) is 0 Å². The van der Waals surface area contributed by atoms with Crippen molar-refractivity contribution in [1.82, 2.24) is 4.90 Å². The Morgan fingerprint density at radius 1 is 1.10 bits per heavy atom. The highest BCUT2D eigenvalue weighted by Crippen LogP contribution is 2.21. The first-order valence-electron chi connectivity index (χ1n) is 9.87. The van der Waals surface area contributed by atoms with Crippen LogP contribution in [0.3, 0.4) is 0 Å². The molecule has 3 amide bonds. The summed E-state index contributed by atoms with van der Waals surface area (Å²) in [5.41, 5.74) is 2.81. The Morgan fingerprint density at radius 2 is 1.80 bits per heavy atom. The van der Waals surface area contributed by atoms with Crippen molar-refractivity contribution in [1.29, 1.82) is 0 Å². The minimum absolute atomic E-state index is 0.0440. The van der Waals surface area contributed by atoms with Gasteiger partial charge in [0.25, 0.3) is 11.8 Å². The molecule has 0 aromatic heterocycles. The van der Waals surface area contributed by atoms with Crippen LogP contribution in [-0.2, 0) is 25.5 Å². The van der Waals surface area contributed by atoms with E-state index in [1.54, 1.807) is 36.4 Å². The molecule has 7 nitrogen and oxygen atoms in total. The van der Waals surface area contributed by atoms with Crippen molar-refractivity contribution in [3.8, 4) is 0 Å². The van der Waals surface area contributed by atoms with E-state index in [9.17, 15) is 19.2 Å². The van der Waals surface area contributed by atoms with E-state index >= 15 is 0 Å². The number of amides is 3. The zero-order chi connectivity index (χ0) is 21.7. The molecule has 2 aromatic rings. The number of imide groups is 1. The third-order valence-corrected chi connectivity index (χ3v) is 5.16. The lowest BCUT2D eigenvalue weighted by Gasteiger charge is -2.25. The van der Waals surface area contributed by atoms with Crippen LogP contribution in [0.15, 0.2) is 48.5 Å². The number of rotatable bonds is 7. The van der Waals surface area contributed by atoms with Gasteiger partial charge in [-0.25, -0.2) is 0 Å². The highest BCUT2D eigenvalue weighted by atomic mass is 16.5. The fourth-order valence-electron chi connectivity index (χ4n) is 3.21. The standard InChI is InChI=1S/C23H24N2O5/c1-3-15(2)16-8-10-18(11-9-16)24-20(26)14-30-22(28)13-25-21(27)12-17-6-4-5-7-19(17)23(25)29/h4-11,15H,3,12-14H2,1-2H3,(H,24,26)/t15-/m1/s1. The molecule has 1 N–H and O–H groups in total. The van der Waals surface area contributed by atoms with Crippen LogP contribution in [-0.4, -0.2) is 41.7 Å². The monoisotopic (exact) mass is 408 g/mol. The van der Waals surface area contributed by atoms with E-state index in [1.807, 2.05) is 12.1 Å². The molecule has 1 aliphatic rings. The molecule has 7 heteroatoms. The van der Waals surface area contributed by atoms with Gasteiger partial charge in [-0.3, -0.25) is 24.1 Å². The maximum atomic E-state index is 12.5. The first-order valence-corrected chi connectivity index (χ1v) is 9.87. The van der Waals surface area contributed by atoms with E-state index in [4.69, 9.17) is 4.74 Å². The van der Waals surface area contributed by atoms with Crippen molar-refractivity contribution in [2.24, 2.45) is 0 Å². The Hall–Kier alpha value is -3.48. The van der Waals surface area contributed by atoms with E-state index < -0.39 is 36.8 Å². The number of nitrogens with one attached hydrogen (secondary N) is 1. The number of carbonyl (C=O) groups excluding carboxylic acids is 4. The minimum atomic E-state index is -0.821. The second-order valence-corrected chi connectivity index (χ2v) is 7.26. The lowest BCUT2D eigenvalue weighted by Crippen LogP contribution is -2.45. The number of anilines is 1. The van der Waals surface area contributed by atoms with E-state index in [0.29, 0.717) is 22.7 Å². The predicted molar refractivity (Wildman–Crippen MR) is 111 cm³/mol. The lowest BCUT2D eigenvalue weighted by atomic mass is 9.98. The molecule has 156 valence electrons. The Balaban J connectivity index is 1.50. The largest absolute Gasteiger partial charge is 0.454 e. The van der Waals surface area contributed by atoms with E-state index in [2.05, 4.69) is 19.2 Å². The molecule has 0 radical (unpaired) electrons. The van der Waals surface area contributed by atoms with Gasteiger partial charge in [0, 0.05) is 11.3 Å². The topological polar surface area (TPSA) is 92.8 Å². The summed E-state index contributed by atoms with van der Waals surface area (Å²) in [5, 5.41) is 2.65. The molecule has 1 atom stereocenters. The number of nitrogens with zero attached hydrogens (tertiary/aromatic N) is 1. The highest BCUT2D eigenvalue weighted by molar-refractivity contribution is 6.11. The molecule has 0 fully saturated rings. The van der Waals surface area contributed by atoms with Crippen molar-refractivity contribution < 1.29 is 23.9 Å². The van der Waals surface area contributed by atoms with Gasteiger partial charge in [0.15, 0.2) is 6.61 Å². The Kier molecular flexibility index (Phi) is 6.61. The average molecular weight is 408 g/mol. The Labute approximate surface area is 175 Å². The Bertz CT molecular complexity index is 968. The van der Waals surface area contributed by atoms with Crippen LogP contribution < -0.4 is 5.32 Å². The number of hydrogen-bond acceptors (Lipinski definition) is 5. The van der Waals surface area contributed by atoms with Gasteiger partial charge in [-0.15, -0.1) is 0 Å². The molecule has 0 aliphatic carbocycles. The van der Waals surface area contributed by atoms with E-state index in [0.717, 1.165) is 11.3 Å². The van der Waals surface area contributed by atoms with Gasteiger partial charge in [-0.1, -0.05) is 44.2 Å². The summed E-state index contributed by atoms with van der Waals surface area (Å²) in [4.78, 5) is 49.6. The fourth-order valence-corrected chi connectivity index (χ4v) is 3.21. The number of hydrogen-bond donors (Lipinski definition) is 1. The molecule has 0 spiro atoms. The highest BCUT2D eigenvalue weighted by Gasteiger charge is 2.32. The molecule has 1 aliphatic heterocycles. The minimum Gasteiger partial charge on any atom is -0.454 e. The van der Waals surface area contributed by atoms with Crippen LogP contribution in [0.5, 0.6) is 0 Å². The molecule has 3 rings (SSSR count). The van der Waals surface area contributed by atoms with Gasteiger partial charge >= 0.3 is 5.97 Å². The molecule has 0 saturated carbocycles. The first kappa shape index (κ1) is 21.2. The van der Waals surface area contributed by atoms with E-state index in [-0.39, 0.29) is 6.42 Å². The molecule has 2 aromatic carbocycles. The van der Waals surface area contributed by atoms with Crippen molar-refractivity contribution in [3.63, 3.8) is 0 Å². The normalized spacial score (nSPS) is 14.1. The molecule has 1 heterocycles. The summed E-state index contributed by atoms with van der Waals surface area (Å²) < 4.78 is 4.95. The van der Waals surface area contributed by atoms with Gasteiger partial charge in [-0.05, 0) is 41.7 Å². The van der Waals surface area contributed by atoms with Crippen molar-refractivity contribution in [2.75, 3.05) is 18.5 Å². The van der Waals surface area contributed by atoms with Gasteiger partial charge in [0.2, 0.25) is 5.91 Å². The second kappa shape index (κ2) is 9.35. The van der Waals surface area contributed by atoms with Gasteiger partial charge in [0.05, 0.1) is 6.42 Å². The molecule has 0 saturated heterocycles. The quantitative estimate of drug-likeness (QED) is 0.562. The number of carbonyl (C=O) groups is 4. The molecule has 0 bridgehead atoms. The molecular formula is C23H24N2O5. The van der Waals surface area contributed by atoms with Crippen molar-refractivity contribution in [3.05, 3.63) is 65.2 Å². The number of ether oxygens (including phenoxy) is 1. The number of fused-ring (bicyclic) bond motifs is 1. The molecular weight excluding hydrogens is 384 g/mol. The fraction of sp³-hybridized carbons (Fsp3) is 0.304. The maximum absolute atomic E-state index is 12.5. The van der Waals surface area contributed by atoms with Crippen LogP contribution >= 0.6 is 0 Å². The zero-order valence-electron chi connectivity index (χ0n) is 17.0. The van der Waals surface area contributed by atoms with Crippen LogP contribution in [0.1, 0.15) is 47.7 Å². The van der Waals surface area contributed by atoms with Crippen LogP contribution in [0.4, 0.5) is 5.69 Å². The summed E-state index contributed by atoms with van der Waals surface area (Å²) in [7, 11) is 0. The van der Waals surface area contributed by atoms with Crippen LogP contribution in [0.2, 0.25) is 0 Å². The van der Waals surface area contributed by atoms with Crippen molar-refractivity contribution in [2.45, 2.75) is 32.6 Å². The lowest BCUT2D eigenvalue weighted by molar-refractivity contribution is -0.150. The summed E-state index contributed by atoms with van der Waals surface area (Å²) in [6.07, 6.45) is 1.07. The summed E-state index contributed by atoms with van der Waals surface area (Å²) in [6, 6.07) is 14.3. The number of benzene rings is 2. The van der Waals surface area contributed by atoms with Crippen molar-refractivity contribution >= 4 is 29.4 Å². The molecule has 30 heavy (non-hydrogen) atoms. The number of esters is 1. The van der Waals surface area contributed by atoms with Gasteiger partial charge < -0.3 is 10.1 Å². The van der Waals surface area contributed by atoms with E-state index in [1.165, 1.54) is 5.56 Å². The van der Waals surface area contributed by atoms with Crippen LogP contribution in [0, 0.1) is 0 Å².